The summed E-state index contributed by atoms with van der Waals surface area (Å²) >= 11 is 0. The lowest BCUT2D eigenvalue weighted by atomic mass is 9.88. The van der Waals surface area contributed by atoms with Crippen molar-refractivity contribution in [3.05, 3.63) is 12.2 Å². The number of carbonyl (C=O) groups excluding carboxylic acids is 1. The quantitative estimate of drug-likeness (QED) is 0.491. The van der Waals surface area contributed by atoms with Crippen molar-refractivity contribution in [1.29, 1.82) is 0 Å². The molecule has 0 radical (unpaired) electrons. The lowest BCUT2D eigenvalue weighted by Crippen LogP contribution is -2.25. The fourth-order valence-electron chi connectivity index (χ4n) is 1.02. The van der Waals surface area contributed by atoms with Gasteiger partial charge < -0.3 is 9.47 Å². The molecule has 1 aliphatic heterocycles. The monoisotopic (exact) mass is 211 g/mol. The van der Waals surface area contributed by atoms with Crippen molar-refractivity contribution in [3.8, 4) is 0 Å². The van der Waals surface area contributed by atoms with Gasteiger partial charge >= 0.3 is 12.1 Å². The van der Waals surface area contributed by atoms with Crippen LogP contribution in [-0.2, 0) is 14.3 Å². The molecule has 1 heterocycles. The van der Waals surface area contributed by atoms with Crippen LogP contribution in [0.1, 0.15) is 27.7 Å². The molecular formula is C11H17NO3. The predicted molar refractivity (Wildman–Crippen MR) is 57.5 cm³/mol. The molecule has 0 N–H and O–H groups in total. The van der Waals surface area contributed by atoms with Crippen LogP contribution in [0.5, 0.6) is 0 Å². The van der Waals surface area contributed by atoms with Crippen molar-refractivity contribution in [2.75, 3.05) is 6.61 Å². The highest BCUT2D eigenvalue weighted by Gasteiger charge is 2.31. The average molecular weight is 211 g/mol. The molecule has 0 spiro atoms. The SMILES string of the molecule is C=C(C)C(=O)OC1=N[C@@H](C(C)(C)C)CO1. The van der Waals surface area contributed by atoms with E-state index in [2.05, 4.69) is 32.3 Å². The second kappa shape index (κ2) is 4.04. The van der Waals surface area contributed by atoms with Gasteiger partial charge in [0.15, 0.2) is 0 Å². The molecule has 0 aromatic heterocycles. The van der Waals surface area contributed by atoms with E-state index in [1.54, 1.807) is 6.92 Å². The van der Waals surface area contributed by atoms with Gasteiger partial charge in [-0.1, -0.05) is 27.4 Å². The molecular weight excluding hydrogens is 194 g/mol. The summed E-state index contributed by atoms with van der Waals surface area (Å²) in [6, 6.07) is 0.0328. The van der Waals surface area contributed by atoms with E-state index in [9.17, 15) is 4.79 Å². The third-order valence-electron chi connectivity index (χ3n) is 2.15. The van der Waals surface area contributed by atoms with Gasteiger partial charge in [-0.25, -0.2) is 9.79 Å². The fraction of sp³-hybridized carbons (Fsp3) is 0.636. The van der Waals surface area contributed by atoms with Gasteiger partial charge in [0, 0.05) is 5.57 Å². The summed E-state index contributed by atoms with van der Waals surface area (Å²) in [6.45, 7) is 11.7. The Hall–Kier alpha value is -1.32. The van der Waals surface area contributed by atoms with Crippen LogP contribution in [0.15, 0.2) is 17.1 Å². The van der Waals surface area contributed by atoms with Crippen LogP contribution in [0, 0.1) is 5.41 Å². The number of aliphatic imine (C=N–C) groups is 1. The van der Waals surface area contributed by atoms with Crippen LogP contribution in [0.3, 0.4) is 0 Å². The number of carbonyl (C=O) groups is 1. The number of nitrogens with zero attached hydrogens (tertiary/aromatic N) is 1. The molecule has 84 valence electrons. The maximum absolute atomic E-state index is 11.2. The van der Waals surface area contributed by atoms with Gasteiger partial charge in [0.25, 0.3) is 0 Å². The fourth-order valence-corrected chi connectivity index (χ4v) is 1.02. The van der Waals surface area contributed by atoms with Gasteiger partial charge in [0.2, 0.25) is 0 Å². The van der Waals surface area contributed by atoms with Gasteiger partial charge in [-0.05, 0) is 12.3 Å². The lowest BCUT2D eigenvalue weighted by Gasteiger charge is -2.21. The van der Waals surface area contributed by atoms with Crippen molar-refractivity contribution in [1.82, 2.24) is 0 Å². The standard InChI is InChI=1S/C11H17NO3/c1-7(2)9(13)15-10-12-8(6-14-10)11(3,4)5/h8H,1,6H2,2-5H3/t8-/m1/s1. The molecule has 0 amide bonds. The van der Waals surface area contributed by atoms with Crippen molar-refractivity contribution in [2.24, 2.45) is 10.4 Å². The minimum absolute atomic E-state index is 0.0113. The van der Waals surface area contributed by atoms with Gasteiger partial charge in [-0.2, -0.15) is 0 Å². The van der Waals surface area contributed by atoms with E-state index in [1.165, 1.54) is 0 Å². The van der Waals surface area contributed by atoms with Gasteiger partial charge in [0.05, 0.1) is 6.04 Å². The zero-order chi connectivity index (χ0) is 11.6. The van der Waals surface area contributed by atoms with Crippen molar-refractivity contribution in [2.45, 2.75) is 33.7 Å². The van der Waals surface area contributed by atoms with E-state index < -0.39 is 5.97 Å². The molecule has 0 fully saturated rings. The molecule has 0 aromatic carbocycles. The van der Waals surface area contributed by atoms with Crippen molar-refractivity contribution < 1.29 is 14.3 Å². The van der Waals surface area contributed by atoms with Crippen LogP contribution in [0.4, 0.5) is 0 Å². The lowest BCUT2D eigenvalue weighted by molar-refractivity contribution is -0.132. The molecule has 1 aliphatic rings. The summed E-state index contributed by atoms with van der Waals surface area (Å²) in [4.78, 5) is 15.4. The number of ether oxygens (including phenoxy) is 2. The topological polar surface area (TPSA) is 47.9 Å². The zero-order valence-electron chi connectivity index (χ0n) is 9.66. The van der Waals surface area contributed by atoms with Gasteiger partial charge in [0.1, 0.15) is 6.61 Å². The highest BCUT2D eigenvalue weighted by Crippen LogP contribution is 2.26. The van der Waals surface area contributed by atoms with Crippen LogP contribution >= 0.6 is 0 Å². The molecule has 4 heteroatoms. The van der Waals surface area contributed by atoms with E-state index in [0.29, 0.717) is 12.2 Å². The Balaban J connectivity index is 2.60. The van der Waals surface area contributed by atoms with E-state index in [1.807, 2.05) is 0 Å². The molecule has 0 saturated carbocycles. The highest BCUT2D eigenvalue weighted by atomic mass is 16.7. The minimum atomic E-state index is -0.497. The molecule has 0 saturated heterocycles. The van der Waals surface area contributed by atoms with Crippen molar-refractivity contribution >= 4 is 12.1 Å². The summed E-state index contributed by atoms with van der Waals surface area (Å²) in [5.74, 6) is -0.497. The Kier molecular flexibility index (Phi) is 3.17. The van der Waals surface area contributed by atoms with Gasteiger partial charge in [-0.3, -0.25) is 0 Å². The first-order valence-electron chi connectivity index (χ1n) is 4.89. The Morgan fingerprint density at radius 3 is 2.60 bits per heavy atom. The summed E-state index contributed by atoms with van der Waals surface area (Å²) in [5.41, 5.74) is 0.345. The predicted octanol–water partition coefficient (Wildman–Crippen LogP) is 1.91. The zero-order valence-corrected chi connectivity index (χ0v) is 9.66. The van der Waals surface area contributed by atoms with E-state index in [0.717, 1.165) is 0 Å². The number of hydrogen-bond acceptors (Lipinski definition) is 4. The largest absolute Gasteiger partial charge is 0.448 e. The van der Waals surface area contributed by atoms with E-state index >= 15 is 0 Å². The summed E-state index contributed by atoms with van der Waals surface area (Å²) in [5, 5.41) is 0. The Labute approximate surface area is 90.0 Å². The summed E-state index contributed by atoms with van der Waals surface area (Å²) < 4.78 is 10.1. The molecule has 1 rings (SSSR count). The molecule has 0 aliphatic carbocycles. The second-order valence-electron chi connectivity index (χ2n) is 4.76. The number of esters is 1. The third-order valence-corrected chi connectivity index (χ3v) is 2.15. The first-order valence-corrected chi connectivity index (χ1v) is 4.89. The van der Waals surface area contributed by atoms with Crippen LogP contribution in [-0.4, -0.2) is 24.7 Å². The van der Waals surface area contributed by atoms with Crippen LogP contribution in [0.2, 0.25) is 0 Å². The molecule has 15 heavy (non-hydrogen) atoms. The van der Waals surface area contributed by atoms with Crippen LogP contribution in [0.25, 0.3) is 0 Å². The van der Waals surface area contributed by atoms with Crippen LogP contribution < -0.4 is 0 Å². The average Bonchev–Trinajstić information content (AvgIpc) is 2.51. The molecule has 1 atom stereocenters. The first-order chi connectivity index (χ1) is 6.80. The minimum Gasteiger partial charge on any atom is -0.448 e. The van der Waals surface area contributed by atoms with Crippen molar-refractivity contribution in [3.63, 3.8) is 0 Å². The second-order valence-corrected chi connectivity index (χ2v) is 4.76. The van der Waals surface area contributed by atoms with E-state index in [-0.39, 0.29) is 17.5 Å². The summed E-state index contributed by atoms with van der Waals surface area (Å²) in [7, 11) is 0. The maximum atomic E-state index is 11.2. The number of rotatable bonds is 1. The summed E-state index contributed by atoms with van der Waals surface area (Å²) in [6.07, 6.45) is 0.0583. The number of hydrogen-bond donors (Lipinski definition) is 0. The highest BCUT2D eigenvalue weighted by molar-refractivity contribution is 5.95. The molecule has 0 unspecified atom stereocenters. The smallest absolute Gasteiger partial charge is 0.392 e. The maximum Gasteiger partial charge on any atom is 0.392 e. The van der Waals surface area contributed by atoms with Gasteiger partial charge in [-0.15, -0.1) is 0 Å². The Morgan fingerprint density at radius 2 is 2.20 bits per heavy atom. The third kappa shape index (κ3) is 3.08. The molecule has 4 nitrogen and oxygen atoms in total. The molecule has 0 aromatic rings. The van der Waals surface area contributed by atoms with E-state index in [4.69, 9.17) is 9.47 Å². The Morgan fingerprint density at radius 1 is 1.60 bits per heavy atom. The molecule has 0 bridgehead atoms. The Bertz CT molecular complexity index is 312. The normalized spacial score (nSPS) is 20.5. The first kappa shape index (κ1) is 11.8.